The molecule has 2 aromatic heterocycles. The van der Waals surface area contributed by atoms with Crippen molar-refractivity contribution in [3.63, 3.8) is 0 Å². The molecule has 1 aromatic carbocycles. The first kappa shape index (κ1) is 17.9. The lowest BCUT2D eigenvalue weighted by molar-refractivity contribution is -0.115. The van der Waals surface area contributed by atoms with Gasteiger partial charge in [0.15, 0.2) is 0 Å². The van der Waals surface area contributed by atoms with Crippen molar-refractivity contribution in [2.24, 2.45) is 0 Å². The van der Waals surface area contributed by atoms with Crippen LogP contribution < -0.4 is 5.32 Å². The number of hydrogen-bond donors (Lipinski definition) is 1. The highest BCUT2D eigenvalue weighted by molar-refractivity contribution is 7.13. The summed E-state index contributed by atoms with van der Waals surface area (Å²) in [6, 6.07) is 10.7. The quantitative estimate of drug-likeness (QED) is 0.746. The van der Waals surface area contributed by atoms with Crippen LogP contribution in [0.1, 0.15) is 21.8 Å². The molecule has 0 aliphatic rings. The van der Waals surface area contributed by atoms with E-state index in [0.717, 1.165) is 4.88 Å². The highest BCUT2D eigenvalue weighted by Gasteiger charge is 2.16. The van der Waals surface area contributed by atoms with E-state index in [9.17, 15) is 9.59 Å². The van der Waals surface area contributed by atoms with Gasteiger partial charge in [0.1, 0.15) is 5.76 Å². The Balaban J connectivity index is 1.70. The summed E-state index contributed by atoms with van der Waals surface area (Å²) < 4.78 is 5.66. The molecule has 0 unspecified atom stereocenters. The van der Waals surface area contributed by atoms with Crippen LogP contribution in [0, 0.1) is 6.92 Å². The number of amides is 2. The summed E-state index contributed by atoms with van der Waals surface area (Å²) in [5, 5.41) is 4.75. The van der Waals surface area contributed by atoms with Crippen molar-refractivity contribution in [2.75, 3.05) is 19.4 Å². The number of rotatable bonds is 5. The third-order valence-corrected chi connectivity index (χ3v) is 4.61. The third-order valence-electron chi connectivity index (χ3n) is 3.75. The fourth-order valence-corrected chi connectivity index (χ4v) is 3.09. The zero-order valence-electron chi connectivity index (χ0n) is 14.8. The van der Waals surface area contributed by atoms with E-state index in [-0.39, 0.29) is 18.2 Å². The molecule has 1 N–H and O–H groups in total. The Labute approximate surface area is 155 Å². The minimum absolute atomic E-state index is 0.104. The van der Waals surface area contributed by atoms with E-state index in [0.29, 0.717) is 28.6 Å². The number of aromatic nitrogens is 1. The summed E-state index contributed by atoms with van der Waals surface area (Å²) in [4.78, 5) is 31.2. The molecule has 0 atom stereocenters. The Kier molecular flexibility index (Phi) is 5.18. The number of benzene rings is 1. The molecule has 0 spiro atoms. The van der Waals surface area contributed by atoms with E-state index in [4.69, 9.17) is 4.42 Å². The van der Waals surface area contributed by atoms with Gasteiger partial charge in [0.25, 0.3) is 5.91 Å². The zero-order chi connectivity index (χ0) is 18.7. The molecule has 0 aliphatic heterocycles. The maximum Gasteiger partial charge on any atom is 0.253 e. The molecule has 0 aliphatic carbocycles. The zero-order valence-corrected chi connectivity index (χ0v) is 15.6. The first-order chi connectivity index (χ1) is 12.4. The Morgan fingerprint density at radius 2 is 2.04 bits per heavy atom. The van der Waals surface area contributed by atoms with Gasteiger partial charge < -0.3 is 14.6 Å². The monoisotopic (exact) mass is 369 g/mol. The molecule has 7 heteroatoms. The minimum atomic E-state index is -0.214. The fourth-order valence-electron chi connectivity index (χ4n) is 2.44. The van der Waals surface area contributed by atoms with Crippen LogP contribution in [-0.4, -0.2) is 35.8 Å². The Morgan fingerprint density at radius 3 is 2.73 bits per heavy atom. The van der Waals surface area contributed by atoms with E-state index < -0.39 is 0 Å². The van der Waals surface area contributed by atoms with Gasteiger partial charge in [0, 0.05) is 25.3 Å². The van der Waals surface area contributed by atoms with Crippen molar-refractivity contribution < 1.29 is 14.0 Å². The number of nitrogens with one attached hydrogen (secondary N) is 1. The van der Waals surface area contributed by atoms with Crippen LogP contribution in [0.2, 0.25) is 0 Å². The van der Waals surface area contributed by atoms with Crippen molar-refractivity contribution in [3.8, 4) is 10.8 Å². The maximum absolute atomic E-state index is 12.4. The highest BCUT2D eigenvalue weighted by Crippen LogP contribution is 2.26. The number of anilines is 1. The second-order valence-electron chi connectivity index (χ2n) is 6.00. The van der Waals surface area contributed by atoms with Crippen LogP contribution in [0.25, 0.3) is 10.8 Å². The largest absolute Gasteiger partial charge is 0.440 e. The summed E-state index contributed by atoms with van der Waals surface area (Å²) in [6.45, 7) is 1.79. The lowest BCUT2D eigenvalue weighted by atomic mass is 10.1. The summed E-state index contributed by atoms with van der Waals surface area (Å²) in [7, 11) is 3.37. The molecule has 0 radical (unpaired) electrons. The molecule has 2 heterocycles. The summed E-state index contributed by atoms with van der Waals surface area (Å²) in [6.07, 6.45) is 0.104. The number of oxazole rings is 1. The van der Waals surface area contributed by atoms with Crippen molar-refractivity contribution in [1.82, 2.24) is 9.88 Å². The predicted octanol–water partition coefficient (Wildman–Crippen LogP) is 3.59. The van der Waals surface area contributed by atoms with Gasteiger partial charge >= 0.3 is 0 Å². The van der Waals surface area contributed by atoms with Crippen LogP contribution >= 0.6 is 11.3 Å². The molecule has 2 amide bonds. The lowest BCUT2D eigenvalue weighted by Crippen LogP contribution is -2.22. The van der Waals surface area contributed by atoms with Crippen molar-refractivity contribution in [2.45, 2.75) is 13.3 Å². The molecular formula is C19H19N3O3S. The number of aryl methyl sites for hydroxylation is 1. The first-order valence-electron chi connectivity index (χ1n) is 8.06. The summed E-state index contributed by atoms with van der Waals surface area (Å²) in [5.74, 6) is 0.821. The van der Waals surface area contributed by atoms with Crippen LogP contribution in [-0.2, 0) is 11.2 Å². The fraction of sp³-hybridized carbons (Fsp3) is 0.211. The van der Waals surface area contributed by atoms with Crippen LogP contribution in [0.5, 0.6) is 0 Å². The van der Waals surface area contributed by atoms with Gasteiger partial charge in [-0.1, -0.05) is 12.1 Å². The molecule has 0 saturated heterocycles. The van der Waals surface area contributed by atoms with Crippen molar-refractivity contribution in [3.05, 3.63) is 58.8 Å². The Hall–Kier alpha value is -2.93. The molecule has 3 rings (SSSR count). The minimum Gasteiger partial charge on any atom is -0.440 e. The van der Waals surface area contributed by atoms with Gasteiger partial charge in [-0.3, -0.25) is 9.59 Å². The number of carbonyl (C=O) groups excluding carboxylic acids is 2. The normalized spacial score (nSPS) is 10.6. The van der Waals surface area contributed by atoms with Gasteiger partial charge in [-0.25, -0.2) is 4.98 Å². The van der Waals surface area contributed by atoms with Crippen molar-refractivity contribution in [1.29, 1.82) is 0 Å². The van der Waals surface area contributed by atoms with Gasteiger partial charge in [-0.05, 0) is 36.6 Å². The molecule has 26 heavy (non-hydrogen) atoms. The molecule has 0 bridgehead atoms. The van der Waals surface area contributed by atoms with Gasteiger partial charge in [-0.2, -0.15) is 0 Å². The first-order valence-corrected chi connectivity index (χ1v) is 8.94. The molecule has 3 aromatic rings. The third kappa shape index (κ3) is 4.00. The topological polar surface area (TPSA) is 75.4 Å². The highest BCUT2D eigenvalue weighted by atomic mass is 32.1. The van der Waals surface area contributed by atoms with Crippen molar-refractivity contribution >= 4 is 28.8 Å². The Bertz CT molecular complexity index is 929. The number of carbonyl (C=O) groups is 2. The van der Waals surface area contributed by atoms with Crippen LogP contribution in [0.15, 0.2) is 46.2 Å². The second-order valence-corrected chi connectivity index (χ2v) is 6.95. The summed E-state index contributed by atoms with van der Waals surface area (Å²) >= 11 is 1.53. The molecule has 6 nitrogen and oxygen atoms in total. The predicted molar refractivity (Wildman–Crippen MR) is 101 cm³/mol. The van der Waals surface area contributed by atoms with E-state index in [1.54, 1.807) is 45.3 Å². The molecule has 0 saturated carbocycles. The van der Waals surface area contributed by atoms with Gasteiger partial charge in [0.05, 0.1) is 17.0 Å². The van der Waals surface area contributed by atoms with Gasteiger partial charge in [-0.15, -0.1) is 11.3 Å². The van der Waals surface area contributed by atoms with Crippen LogP contribution in [0.3, 0.4) is 0 Å². The van der Waals surface area contributed by atoms with E-state index in [2.05, 4.69) is 10.3 Å². The lowest BCUT2D eigenvalue weighted by Gasteiger charge is -2.11. The summed E-state index contributed by atoms with van der Waals surface area (Å²) in [5.41, 5.74) is 1.69. The maximum atomic E-state index is 12.4. The standard InChI is InChI=1S/C19H19N3O3S/c1-12-15(21-18(25-12)16-8-5-9-26-16)11-17(23)20-14-7-4-6-13(10-14)19(24)22(2)3/h4-10H,11H2,1-3H3,(H,20,23). The SMILES string of the molecule is Cc1oc(-c2cccs2)nc1CC(=O)Nc1cccc(C(=O)N(C)C)c1. The number of nitrogens with zero attached hydrogens (tertiary/aromatic N) is 2. The average Bonchev–Trinajstić information content (AvgIpc) is 3.24. The smallest absolute Gasteiger partial charge is 0.253 e. The van der Waals surface area contributed by atoms with Crippen LogP contribution in [0.4, 0.5) is 5.69 Å². The van der Waals surface area contributed by atoms with E-state index in [1.165, 1.54) is 16.2 Å². The average molecular weight is 369 g/mol. The van der Waals surface area contributed by atoms with E-state index in [1.807, 2.05) is 17.5 Å². The number of hydrogen-bond acceptors (Lipinski definition) is 5. The second kappa shape index (κ2) is 7.53. The molecular weight excluding hydrogens is 350 g/mol. The number of thiophene rings is 1. The van der Waals surface area contributed by atoms with E-state index >= 15 is 0 Å². The Morgan fingerprint density at radius 1 is 1.23 bits per heavy atom. The molecule has 0 fully saturated rings. The van der Waals surface area contributed by atoms with Gasteiger partial charge in [0.2, 0.25) is 11.8 Å². The molecule has 134 valence electrons.